The molecule has 1 aliphatic rings. The molecular weight excluding hydrogens is 212 g/mol. The molecule has 0 saturated heterocycles. The van der Waals surface area contributed by atoms with Gasteiger partial charge in [0.05, 0.1) is 17.9 Å². The molecule has 0 amide bonds. The summed E-state index contributed by atoms with van der Waals surface area (Å²) in [6.45, 7) is 1.89. The fraction of sp³-hybridized carbons (Fsp3) is 0.727. The lowest BCUT2D eigenvalue weighted by atomic mass is 10.0. The van der Waals surface area contributed by atoms with E-state index < -0.39 is 0 Å². The smallest absolute Gasteiger partial charge is 0.0948 e. The van der Waals surface area contributed by atoms with E-state index in [-0.39, 0.29) is 0 Å². The van der Waals surface area contributed by atoms with Gasteiger partial charge < -0.3 is 9.30 Å². The summed E-state index contributed by atoms with van der Waals surface area (Å²) >= 11 is 5.84. The normalized spacial score (nSPS) is 18.0. The maximum atomic E-state index is 5.84. The molecule has 15 heavy (non-hydrogen) atoms. The van der Waals surface area contributed by atoms with Gasteiger partial charge in [0, 0.05) is 26.5 Å². The number of nitrogens with zero attached hydrogens (tertiary/aromatic N) is 2. The molecule has 1 aromatic rings. The molecule has 84 valence electrons. The third-order valence-electron chi connectivity index (χ3n) is 3.23. The zero-order valence-corrected chi connectivity index (χ0v) is 9.83. The van der Waals surface area contributed by atoms with E-state index in [0.29, 0.717) is 11.3 Å². The molecule has 0 spiro atoms. The van der Waals surface area contributed by atoms with Crippen molar-refractivity contribution in [2.24, 2.45) is 5.41 Å². The summed E-state index contributed by atoms with van der Waals surface area (Å²) in [6, 6.07) is 0. The zero-order chi connectivity index (χ0) is 10.7. The fourth-order valence-corrected chi connectivity index (χ4v) is 2.17. The number of ether oxygens (including phenoxy) is 1. The van der Waals surface area contributed by atoms with Crippen LogP contribution >= 0.6 is 11.6 Å². The topological polar surface area (TPSA) is 27.1 Å². The first-order valence-electron chi connectivity index (χ1n) is 5.34. The molecule has 1 aromatic heterocycles. The summed E-state index contributed by atoms with van der Waals surface area (Å²) in [4.78, 5) is 4.13. The average molecular weight is 229 g/mol. The summed E-state index contributed by atoms with van der Waals surface area (Å²) in [5.41, 5.74) is 1.57. The third kappa shape index (κ3) is 2.52. The van der Waals surface area contributed by atoms with Crippen LogP contribution in [0.5, 0.6) is 0 Å². The molecule has 0 atom stereocenters. The summed E-state index contributed by atoms with van der Waals surface area (Å²) in [5.74, 6) is 0.542. The van der Waals surface area contributed by atoms with Crippen molar-refractivity contribution in [2.75, 3.05) is 13.7 Å². The SMILES string of the molecule is COCCC1(Cn2cncc2CCl)CC1. The largest absolute Gasteiger partial charge is 0.385 e. The summed E-state index contributed by atoms with van der Waals surface area (Å²) in [5, 5.41) is 0. The number of hydrogen-bond acceptors (Lipinski definition) is 2. The monoisotopic (exact) mass is 228 g/mol. The Balaban J connectivity index is 1.96. The van der Waals surface area contributed by atoms with Crippen molar-refractivity contribution in [1.29, 1.82) is 0 Å². The van der Waals surface area contributed by atoms with Crippen molar-refractivity contribution in [2.45, 2.75) is 31.7 Å². The highest BCUT2D eigenvalue weighted by Gasteiger charge is 2.42. The molecule has 0 aliphatic heterocycles. The molecule has 2 rings (SSSR count). The van der Waals surface area contributed by atoms with Crippen molar-refractivity contribution < 1.29 is 4.74 Å². The minimum Gasteiger partial charge on any atom is -0.385 e. The first-order chi connectivity index (χ1) is 7.29. The molecule has 0 aromatic carbocycles. The Morgan fingerprint density at radius 2 is 2.40 bits per heavy atom. The van der Waals surface area contributed by atoms with E-state index in [0.717, 1.165) is 25.3 Å². The van der Waals surface area contributed by atoms with Crippen LogP contribution in [0.1, 0.15) is 25.0 Å². The van der Waals surface area contributed by atoms with Crippen molar-refractivity contribution in [1.82, 2.24) is 9.55 Å². The predicted molar refractivity (Wildman–Crippen MR) is 59.9 cm³/mol. The lowest BCUT2D eigenvalue weighted by Gasteiger charge is -2.16. The summed E-state index contributed by atoms with van der Waals surface area (Å²) in [7, 11) is 1.76. The van der Waals surface area contributed by atoms with Crippen LogP contribution in [0, 0.1) is 5.41 Å². The highest BCUT2D eigenvalue weighted by Crippen LogP contribution is 2.50. The molecule has 1 fully saturated rings. The summed E-state index contributed by atoms with van der Waals surface area (Å²) < 4.78 is 7.32. The van der Waals surface area contributed by atoms with Crippen LogP contribution in [-0.2, 0) is 17.2 Å². The van der Waals surface area contributed by atoms with Crippen LogP contribution < -0.4 is 0 Å². The summed E-state index contributed by atoms with van der Waals surface area (Å²) in [6.07, 6.45) is 7.47. The number of aromatic nitrogens is 2. The van der Waals surface area contributed by atoms with Gasteiger partial charge in [-0.1, -0.05) is 0 Å². The Morgan fingerprint density at radius 3 is 3.00 bits per heavy atom. The molecule has 3 nitrogen and oxygen atoms in total. The third-order valence-corrected chi connectivity index (χ3v) is 3.51. The minimum atomic E-state index is 0.456. The molecule has 0 N–H and O–H groups in total. The van der Waals surface area contributed by atoms with Gasteiger partial charge >= 0.3 is 0 Å². The van der Waals surface area contributed by atoms with E-state index in [9.17, 15) is 0 Å². The van der Waals surface area contributed by atoms with Crippen LogP contribution in [0.15, 0.2) is 12.5 Å². The molecule has 4 heteroatoms. The van der Waals surface area contributed by atoms with Crippen molar-refractivity contribution in [3.63, 3.8) is 0 Å². The number of halogens is 1. The zero-order valence-electron chi connectivity index (χ0n) is 9.08. The second-order valence-electron chi connectivity index (χ2n) is 4.39. The van der Waals surface area contributed by atoms with Crippen LogP contribution in [0.3, 0.4) is 0 Å². The lowest BCUT2D eigenvalue weighted by molar-refractivity contribution is 0.166. The Morgan fingerprint density at radius 1 is 1.60 bits per heavy atom. The van der Waals surface area contributed by atoms with E-state index in [1.54, 1.807) is 7.11 Å². The predicted octanol–water partition coefficient (Wildman–Crippen LogP) is 2.44. The van der Waals surface area contributed by atoms with Gasteiger partial charge in [0.2, 0.25) is 0 Å². The van der Waals surface area contributed by atoms with Gasteiger partial charge in [-0.25, -0.2) is 4.98 Å². The molecule has 0 radical (unpaired) electrons. The molecular formula is C11H17ClN2O. The average Bonchev–Trinajstić information content (AvgIpc) is 2.86. The van der Waals surface area contributed by atoms with Gasteiger partial charge in [-0.2, -0.15) is 0 Å². The number of imidazole rings is 1. The number of alkyl halides is 1. The second-order valence-corrected chi connectivity index (χ2v) is 4.66. The van der Waals surface area contributed by atoms with Gasteiger partial charge in [-0.05, 0) is 24.7 Å². The highest BCUT2D eigenvalue weighted by atomic mass is 35.5. The van der Waals surface area contributed by atoms with E-state index in [1.807, 2.05) is 12.5 Å². The maximum Gasteiger partial charge on any atom is 0.0948 e. The number of hydrogen-bond donors (Lipinski definition) is 0. The molecule has 1 aliphatic carbocycles. The Kier molecular flexibility index (Phi) is 3.32. The molecule has 1 saturated carbocycles. The van der Waals surface area contributed by atoms with E-state index in [2.05, 4.69) is 9.55 Å². The van der Waals surface area contributed by atoms with E-state index >= 15 is 0 Å². The molecule has 0 unspecified atom stereocenters. The van der Waals surface area contributed by atoms with Crippen molar-refractivity contribution in [3.8, 4) is 0 Å². The highest BCUT2D eigenvalue weighted by molar-refractivity contribution is 6.16. The van der Waals surface area contributed by atoms with E-state index in [1.165, 1.54) is 12.8 Å². The van der Waals surface area contributed by atoms with E-state index in [4.69, 9.17) is 16.3 Å². The Hall–Kier alpha value is -0.540. The fourth-order valence-electron chi connectivity index (χ4n) is 1.95. The van der Waals surface area contributed by atoms with Crippen LogP contribution in [-0.4, -0.2) is 23.3 Å². The second kappa shape index (κ2) is 4.54. The Labute approximate surface area is 95.4 Å². The molecule has 1 heterocycles. The molecule has 0 bridgehead atoms. The number of rotatable bonds is 6. The van der Waals surface area contributed by atoms with Crippen LogP contribution in [0.4, 0.5) is 0 Å². The van der Waals surface area contributed by atoms with Gasteiger partial charge in [0.25, 0.3) is 0 Å². The first kappa shape index (κ1) is 11.0. The number of methoxy groups -OCH3 is 1. The van der Waals surface area contributed by atoms with Crippen molar-refractivity contribution >= 4 is 11.6 Å². The first-order valence-corrected chi connectivity index (χ1v) is 5.87. The Bertz CT molecular complexity index is 320. The lowest BCUT2D eigenvalue weighted by Crippen LogP contribution is -2.14. The standard InChI is InChI=1S/C11H17ClN2O/c1-15-5-4-11(2-3-11)8-14-9-13-7-10(14)6-12/h7,9H,2-6,8H2,1H3. The van der Waals surface area contributed by atoms with Gasteiger partial charge in [-0.3, -0.25) is 0 Å². The van der Waals surface area contributed by atoms with Crippen molar-refractivity contribution in [3.05, 3.63) is 18.2 Å². The van der Waals surface area contributed by atoms with Crippen LogP contribution in [0.2, 0.25) is 0 Å². The maximum absolute atomic E-state index is 5.84. The van der Waals surface area contributed by atoms with Crippen LogP contribution in [0.25, 0.3) is 0 Å². The minimum absolute atomic E-state index is 0.456. The quantitative estimate of drug-likeness (QED) is 0.700. The van der Waals surface area contributed by atoms with Gasteiger partial charge in [-0.15, -0.1) is 11.6 Å². The van der Waals surface area contributed by atoms with Gasteiger partial charge in [0.15, 0.2) is 0 Å². The van der Waals surface area contributed by atoms with Gasteiger partial charge in [0.1, 0.15) is 0 Å².